The third-order valence-corrected chi connectivity index (χ3v) is 3.02. The highest BCUT2D eigenvalue weighted by molar-refractivity contribution is 5.84. The van der Waals surface area contributed by atoms with Crippen LogP contribution in [0.25, 0.3) is 0 Å². The van der Waals surface area contributed by atoms with Crippen molar-refractivity contribution in [1.82, 2.24) is 25.2 Å². The minimum Gasteiger partial charge on any atom is -0.476 e. The minimum atomic E-state index is -1.11. The van der Waals surface area contributed by atoms with E-state index >= 15 is 0 Å². The fourth-order valence-corrected chi connectivity index (χ4v) is 1.99. The Hall–Kier alpha value is -2.12. The number of carboxylic acid groups (broad SMARTS) is 1. The summed E-state index contributed by atoms with van der Waals surface area (Å²) in [5.74, 6) is -1.11. The Morgan fingerprint density at radius 3 is 2.68 bits per heavy atom. The molecule has 2 amide bonds. The first kappa shape index (κ1) is 13.3. The Labute approximate surface area is 110 Å². The molecule has 1 aliphatic heterocycles. The van der Waals surface area contributed by atoms with Gasteiger partial charge in [-0.05, 0) is 19.3 Å². The van der Waals surface area contributed by atoms with E-state index in [1.165, 1.54) is 17.3 Å². The molecule has 0 aliphatic carbocycles. The molecule has 104 valence electrons. The van der Waals surface area contributed by atoms with E-state index in [2.05, 4.69) is 15.6 Å². The summed E-state index contributed by atoms with van der Waals surface area (Å²) >= 11 is 0. The molecule has 0 spiro atoms. The van der Waals surface area contributed by atoms with E-state index in [1.807, 2.05) is 0 Å². The molecule has 19 heavy (non-hydrogen) atoms. The molecule has 0 unspecified atom stereocenters. The first-order valence-electron chi connectivity index (χ1n) is 6.33. The lowest BCUT2D eigenvalue weighted by atomic mass is 10.1. The van der Waals surface area contributed by atoms with E-state index < -0.39 is 5.97 Å². The van der Waals surface area contributed by atoms with Crippen molar-refractivity contribution >= 4 is 12.0 Å². The monoisotopic (exact) mass is 267 g/mol. The lowest BCUT2D eigenvalue weighted by Crippen LogP contribution is -2.43. The van der Waals surface area contributed by atoms with Gasteiger partial charge in [0.1, 0.15) is 0 Å². The number of aromatic carboxylic acids is 1. The molecule has 1 saturated heterocycles. The van der Waals surface area contributed by atoms with Crippen LogP contribution in [0.4, 0.5) is 4.79 Å². The first-order valence-corrected chi connectivity index (χ1v) is 6.33. The Morgan fingerprint density at radius 1 is 1.32 bits per heavy atom. The number of rotatable bonds is 4. The number of hydrogen-bond acceptors (Lipinski definition) is 4. The molecule has 1 fully saturated rings. The second kappa shape index (κ2) is 6.17. The molecule has 1 aromatic heterocycles. The summed E-state index contributed by atoms with van der Waals surface area (Å²) in [6.45, 7) is 2.41. The van der Waals surface area contributed by atoms with Crippen molar-refractivity contribution in [3.8, 4) is 0 Å². The maximum Gasteiger partial charge on any atom is 0.358 e. The zero-order valence-corrected chi connectivity index (χ0v) is 10.6. The SMILES string of the molecule is O=C(O)c1cn(CCNC(=O)N2CCCCC2)nn1. The van der Waals surface area contributed by atoms with Crippen molar-refractivity contribution in [2.24, 2.45) is 0 Å². The number of urea groups is 1. The van der Waals surface area contributed by atoms with Crippen LogP contribution >= 0.6 is 0 Å². The van der Waals surface area contributed by atoms with Crippen molar-refractivity contribution in [1.29, 1.82) is 0 Å². The van der Waals surface area contributed by atoms with Gasteiger partial charge in [0.2, 0.25) is 0 Å². The third-order valence-electron chi connectivity index (χ3n) is 3.02. The fraction of sp³-hybridized carbons (Fsp3) is 0.636. The quantitative estimate of drug-likeness (QED) is 0.810. The van der Waals surface area contributed by atoms with Gasteiger partial charge in [0.05, 0.1) is 12.7 Å². The molecule has 0 atom stereocenters. The number of carboxylic acids is 1. The van der Waals surface area contributed by atoms with Crippen LogP contribution in [-0.2, 0) is 6.54 Å². The number of nitrogens with zero attached hydrogens (tertiary/aromatic N) is 4. The standard InChI is InChI=1S/C11H17N5O3/c17-10(18)9-8-16(14-13-9)7-4-12-11(19)15-5-2-1-3-6-15/h8H,1-7H2,(H,12,19)(H,17,18). The summed E-state index contributed by atoms with van der Waals surface area (Å²) in [5.41, 5.74) is -0.0950. The maximum absolute atomic E-state index is 11.8. The predicted molar refractivity (Wildman–Crippen MR) is 65.8 cm³/mol. The van der Waals surface area contributed by atoms with Gasteiger partial charge >= 0.3 is 12.0 Å². The van der Waals surface area contributed by atoms with Crippen LogP contribution in [0.1, 0.15) is 29.8 Å². The number of likely N-dealkylation sites (tertiary alicyclic amines) is 1. The highest BCUT2D eigenvalue weighted by Crippen LogP contribution is 2.08. The maximum atomic E-state index is 11.8. The lowest BCUT2D eigenvalue weighted by Gasteiger charge is -2.26. The molecule has 8 nitrogen and oxygen atoms in total. The summed E-state index contributed by atoms with van der Waals surface area (Å²) in [6, 6.07) is -0.0710. The summed E-state index contributed by atoms with van der Waals surface area (Å²) in [7, 11) is 0. The minimum absolute atomic E-state index is 0.0710. The molecule has 2 rings (SSSR count). The van der Waals surface area contributed by atoms with Crippen LogP contribution in [0.15, 0.2) is 6.20 Å². The summed E-state index contributed by atoms with van der Waals surface area (Å²) < 4.78 is 1.40. The highest BCUT2D eigenvalue weighted by Gasteiger charge is 2.15. The van der Waals surface area contributed by atoms with Gasteiger partial charge in [-0.1, -0.05) is 5.21 Å². The smallest absolute Gasteiger partial charge is 0.358 e. The van der Waals surface area contributed by atoms with Gasteiger partial charge in [-0.3, -0.25) is 0 Å². The summed E-state index contributed by atoms with van der Waals surface area (Å²) in [4.78, 5) is 24.2. The van der Waals surface area contributed by atoms with Gasteiger partial charge in [-0.2, -0.15) is 0 Å². The van der Waals surface area contributed by atoms with Gasteiger partial charge in [0, 0.05) is 19.6 Å². The second-order valence-electron chi connectivity index (χ2n) is 4.45. The Bertz CT molecular complexity index is 453. The summed E-state index contributed by atoms with van der Waals surface area (Å²) in [6.07, 6.45) is 4.63. The normalized spacial score (nSPS) is 15.3. The molecular formula is C11H17N5O3. The van der Waals surface area contributed by atoms with Crippen molar-refractivity contribution in [2.75, 3.05) is 19.6 Å². The molecule has 0 aromatic carbocycles. The molecule has 0 radical (unpaired) electrons. The van der Waals surface area contributed by atoms with Gasteiger partial charge in [0.25, 0.3) is 0 Å². The number of amides is 2. The molecule has 2 heterocycles. The van der Waals surface area contributed by atoms with Crippen molar-refractivity contribution in [3.63, 3.8) is 0 Å². The van der Waals surface area contributed by atoms with Crippen LogP contribution in [0.3, 0.4) is 0 Å². The van der Waals surface area contributed by atoms with Crippen LogP contribution < -0.4 is 5.32 Å². The second-order valence-corrected chi connectivity index (χ2v) is 4.45. The summed E-state index contributed by atoms with van der Waals surface area (Å²) in [5, 5.41) is 18.6. The average molecular weight is 267 g/mol. The van der Waals surface area contributed by atoms with Gasteiger partial charge in [-0.25, -0.2) is 14.3 Å². The van der Waals surface area contributed by atoms with Crippen LogP contribution in [-0.4, -0.2) is 56.6 Å². The van der Waals surface area contributed by atoms with Gasteiger partial charge in [0.15, 0.2) is 5.69 Å². The van der Waals surface area contributed by atoms with Crippen LogP contribution in [0, 0.1) is 0 Å². The van der Waals surface area contributed by atoms with Crippen LogP contribution in [0.2, 0.25) is 0 Å². The molecule has 8 heteroatoms. The van der Waals surface area contributed by atoms with Gasteiger partial charge in [-0.15, -0.1) is 5.10 Å². The number of nitrogens with one attached hydrogen (secondary N) is 1. The predicted octanol–water partition coefficient (Wildman–Crippen LogP) is 0.172. The molecule has 2 N–H and O–H groups in total. The number of aromatic nitrogens is 3. The Morgan fingerprint density at radius 2 is 2.05 bits per heavy atom. The zero-order valence-electron chi connectivity index (χ0n) is 10.6. The third kappa shape index (κ3) is 3.67. The number of carbonyl (C=O) groups excluding carboxylic acids is 1. The molecular weight excluding hydrogens is 250 g/mol. The first-order chi connectivity index (χ1) is 9.16. The van der Waals surface area contributed by atoms with E-state index in [0.717, 1.165) is 25.9 Å². The van der Waals surface area contributed by atoms with E-state index in [-0.39, 0.29) is 11.7 Å². The average Bonchev–Trinajstić information content (AvgIpc) is 2.89. The fourth-order valence-electron chi connectivity index (χ4n) is 1.99. The van der Waals surface area contributed by atoms with Crippen molar-refractivity contribution in [2.45, 2.75) is 25.8 Å². The van der Waals surface area contributed by atoms with Crippen LogP contribution in [0.5, 0.6) is 0 Å². The highest BCUT2D eigenvalue weighted by atomic mass is 16.4. The topological polar surface area (TPSA) is 100 Å². The molecule has 0 saturated carbocycles. The zero-order chi connectivity index (χ0) is 13.7. The number of carbonyl (C=O) groups is 2. The van der Waals surface area contributed by atoms with E-state index in [0.29, 0.717) is 13.1 Å². The van der Waals surface area contributed by atoms with Crippen molar-refractivity contribution < 1.29 is 14.7 Å². The molecule has 1 aromatic rings. The molecule has 0 bridgehead atoms. The largest absolute Gasteiger partial charge is 0.476 e. The lowest BCUT2D eigenvalue weighted by molar-refractivity contribution is 0.0690. The number of hydrogen-bond donors (Lipinski definition) is 2. The number of piperidine rings is 1. The van der Waals surface area contributed by atoms with E-state index in [1.54, 1.807) is 4.90 Å². The van der Waals surface area contributed by atoms with E-state index in [4.69, 9.17) is 5.11 Å². The van der Waals surface area contributed by atoms with Crippen molar-refractivity contribution in [3.05, 3.63) is 11.9 Å². The van der Waals surface area contributed by atoms with Gasteiger partial charge < -0.3 is 15.3 Å². The Kier molecular flexibility index (Phi) is 4.32. The van der Waals surface area contributed by atoms with E-state index in [9.17, 15) is 9.59 Å². The molecule has 1 aliphatic rings. The Balaban J connectivity index is 1.73.